The lowest BCUT2D eigenvalue weighted by Crippen LogP contribution is -2.43. The topological polar surface area (TPSA) is 107 Å². The molecule has 2 aromatic rings. The Morgan fingerprint density at radius 3 is 2.70 bits per heavy atom. The average molecular weight is 414 g/mol. The van der Waals surface area contributed by atoms with Gasteiger partial charge in [-0.2, -0.15) is 5.10 Å². The van der Waals surface area contributed by atoms with E-state index in [4.69, 9.17) is 16.3 Å². The van der Waals surface area contributed by atoms with Crippen molar-refractivity contribution in [2.75, 3.05) is 18.8 Å². The molecule has 3 rings (SSSR count). The number of pyridine rings is 1. The van der Waals surface area contributed by atoms with E-state index in [1.807, 2.05) is 0 Å². The molecule has 11 heteroatoms. The minimum Gasteiger partial charge on any atom is -0.474 e. The molecule has 9 nitrogen and oxygen atoms in total. The number of Topliss-reactive ketones (excluding diaryl/α,β-unsaturated/α-hetero) is 1. The molecule has 146 valence electrons. The highest BCUT2D eigenvalue weighted by molar-refractivity contribution is 7.89. The van der Waals surface area contributed by atoms with Crippen molar-refractivity contribution in [1.82, 2.24) is 24.1 Å². The number of halogens is 1. The molecular weight excluding hydrogens is 394 g/mol. The van der Waals surface area contributed by atoms with Gasteiger partial charge in [0.15, 0.2) is 5.78 Å². The van der Waals surface area contributed by atoms with Gasteiger partial charge in [0.1, 0.15) is 24.5 Å². The van der Waals surface area contributed by atoms with Gasteiger partial charge in [0.05, 0.1) is 5.02 Å². The molecule has 0 atom stereocenters. The van der Waals surface area contributed by atoms with Crippen molar-refractivity contribution in [3.05, 3.63) is 36.0 Å². The largest absolute Gasteiger partial charge is 0.474 e. The van der Waals surface area contributed by atoms with Crippen molar-refractivity contribution < 1.29 is 17.9 Å². The number of carbonyl (C=O) groups is 1. The normalized spacial score (nSPS) is 16.3. The van der Waals surface area contributed by atoms with Gasteiger partial charge in [0, 0.05) is 38.3 Å². The first-order valence-corrected chi connectivity index (χ1v) is 10.5. The van der Waals surface area contributed by atoms with Crippen molar-refractivity contribution >= 4 is 27.4 Å². The van der Waals surface area contributed by atoms with Crippen LogP contribution < -0.4 is 4.74 Å². The van der Waals surface area contributed by atoms with E-state index < -0.39 is 15.8 Å². The lowest BCUT2D eigenvalue weighted by atomic mass is 10.1. The van der Waals surface area contributed by atoms with Gasteiger partial charge in [-0.3, -0.25) is 9.48 Å². The standard InChI is InChI=1S/C16H20ClN5O4S/c17-13-1-2-16(19-9-13)26-15-4-7-22(8-5-15)27(24,25)10-14(23)3-6-21-12-18-11-20-21/h1-2,9,11-12,15H,3-8,10H2. The summed E-state index contributed by atoms with van der Waals surface area (Å²) < 4.78 is 33.5. The molecule has 1 saturated heterocycles. The fourth-order valence-corrected chi connectivity index (χ4v) is 4.40. The van der Waals surface area contributed by atoms with Crippen LogP contribution in [-0.2, 0) is 21.4 Å². The second-order valence-corrected chi connectivity index (χ2v) is 8.64. The lowest BCUT2D eigenvalue weighted by molar-refractivity contribution is -0.117. The number of piperidine rings is 1. The molecule has 0 N–H and O–H groups in total. The predicted octanol–water partition coefficient (Wildman–Crippen LogP) is 1.16. The fourth-order valence-electron chi connectivity index (χ4n) is 2.79. The maximum absolute atomic E-state index is 12.5. The third-order valence-corrected chi connectivity index (χ3v) is 6.27. The van der Waals surface area contributed by atoms with Crippen LogP contribution in [0.3, 0.4) is 0 Å². The van der Waals surface area contributed by atoms with Crippen LogP contribution in [-0.4, -0.2) is 63.2 Å². The Morgan fingerprint density at radius 1 is 1.30 bits per heavy atom. The third-order valence-electron chi connectivity index (χ3n) is 4.21. The summed E-state index contributed by atoms with van der Waals surface area (Å²) in [7, 11) is -3.63. The molecule has 0 aromatic carbocycles. The Kier molecular flexibility index (Phi) is 6.40. The zero-order chi connectivity index (χ0) is 19.3. The van der Waals surface area contributed by atoms with Gasteiger partial charge in [-0.25, -0.2) is 22.7 Å². The van der Waals surface area contributed by atoms with Crippen LogP contribution in [0.2, 0.25) is 5.02 Å². The molecule has 27 heavy (non-hydrogen) atoms. The van der Waals surface area contributed by atoms with Gasteiger partial charge in [-0.15, -0.1) is 0 Å². The monoisotopic (exact) mass is 413 g/mol. The third kappa shape index (κ3) is 5.72. The van der Waals surface area contributed by atoms with Crippen LogP contribution in [0.1, 0.15) is 19.3 Å². The SMILES string of the molecule is O=C(CCn1cncn1)CS(=O)(=O)N1CCC(Oc2ccc(Cl)cn2)CC1. The number of aromatic nitrogens is 4. The van der Waals surface area contributed by atoms with Gasteiger partial charge in [-0.1, -0.05) is 11.6 Å². The van der Waals surface area contributed by atoms with Crippen LogP contribution in [0.4, 0.5) is 0 Å². The number of nitrogens with zero attached hydrogens (tertiary/aromatic N) is 5. The van der Waals surface area contributed by atoms with Crippen molar-refractivity contribution in [3.63, 3.8) is 0 Å². The lowest BCUT2D eigenvalue weighted by Gasteiger charge is -2.31. The van der Waals surface area contributed by atoms with E-state index in [0.717, 1.165) is 0 Å². The van der Waals surface area contributed by atoms with Gasteiger partial charge < -0.3 is 4.74 Å². The molecule has 0 saturated carbocycles. The maximum atomic E-state index is 12.5. The van der Waals surface area contributed by atoms with E-state index in [2.05, 4.69) is 15.1 Å². The summed E-state index contributed by atoms with van der Waals surface area (Å²) in [6.07, 6.45) is 5.42. The summed E-state index contributed by atoms with van der Waals surface area (Å²) in [5.74, 6) is -0.371. The summed E-state index contributed by atoms with van der Waals surface area (Å²) in [6, 6.07) is 3.37. The molecular formula is C16H20ClN5O4S. The first-order chi connectivity index (χ1) is 12.9. The first-order valence-electron chi connectivity index (χ1n) is 8.52. The van der Waals surface area contributed by atoms with Crippen molar-refractivity contribution in [2.24, 2.45) is 0 Å². The number of rotatable bonds is 8. The van der Waals surface area contributed by atoms with Gasteiger partial charge in [0.25, 0.3) is 0 Å². The Morgan fingerprint density at radius 2 is 2.07 bits per heavy atom. The van der Waals surface area contributed by atoms with E-state index in [1.165, 1.54) is 27.8 Å². The number of ether oxygens (including phenoxy) is 1. The number of carbonyl (C=O) groups excluding carboxylic acids is 1. The summed E-state index contributed by atoms with van der Waals surface area (Å²) in [5, 5.41) is 4.41. The Hall–Kier alpha value is -2.04. The zero-order valence-electron chi connectivity index (χ0n) is 14.6. The van der Waals surface area contributed by atoms with Crippen LogP contribution in [0.5, 0.6) is 5.88 Å². The molecule has 0 spiro atoms. The summed E-state index contributed by atoms with van der Waals surface area (Å²) >= 11 is 5.79. The molecule has 0 bridgehead atoms. The molecule has 0 amide bonds. The number of aryl methyl sites for hydroxylation is 1. The Labute approximate surface area is 162 Å². The second kappa shape index (κ2) is 8.77. The van der Waals surface area contributed by atoms with Crippen LogP contribution in [0.15, 0.2) is 31.0 Å². The molecule has 2 aromatic heterocycles. The highest BCUT2D eigenvalue weighted by atomic mass is 35.5. The van der Waals surface area contributed by atoms with Gasteiger partial charge in [-0.05, 0) is 18.9 Å². The Balaban J connectivity index is 1.45. The molecule has 0 unspecified atom stereocenters. The van der Waals surface area contributed by atoms with Crippen LogP contribution in [0, 0.1) is 0 Å². The van der Waals surface area contributed by atoms with Crippen LogP contribution >= 0.6 is 11.6 Å². The van der Waals surface area contributed by atoms with Gasteiger partial charge >= 0.3 is 0 Å². The minimum atomic E-state index is -3.63. The van der Waals surface area contributed by atoms with E-state index in [0.29, 0.717) is 43.4 Å². The Bertz CT molecular complexity index is 849. The fraction of sp³-hybridized carbons (Fsp3) is 0.500. The molecule has 3 heterocycles. The zero-order valence-corrected chi connectivity index (χ0v) is 16.1. The van der Waals surface area contributed by atoms with E-state index in [-0.39, 0.29) is 18.3 Å². The summed E-state index contributed by atoms with van der Waals surface area (Å²) in [5.41, 5.74) is 0. The smallest absolute Gasteiger partial charge is 0.221 e. The minimum absolute atomic E-state index is 0.102. The number of ketones is 1. The van der Waals surface area contributed by atoms with Crippen molar-refractivity contribution in [3.8, 4) is 5.88 Å². The molecule has 1 fully saturated rings. The highest BCUT2D eigenvalue weighted by Gasteiger charge is 2.30. The summed E-state index contributed by atoms with van der Waals surface area (Å²) in [6.45, 7) is 0.951. The number of sulfonamides is 1. The molecule has 0 radical (unpaired) electrons. The van der Waals surface area contributed by atoms with Crippen molar-refractivity contribution in [1.29, 1.82) is 0 Å². The quantitative estimate of drug-likeness (QED) is 0.638. The van der Waals surface area contributed by atoms with Crippen LogP contribution in [0.25, 0.3) is 0 Å². The average Bonchev–Trinajstić information content (AvgIpc) is 3.16. The molecule has 0 aliphatic carbocycles. The van der Waals surface area contributed by atoms with E-state index in [1.54, 1.807) is 12.1 Å². The van der Waals surface area contributed by atoms with Crippen molar-refractivity contribution in [2.45, 2.75) is 31.9 Å². The first kappa shape index (κ1) is 19.7. The predicted molar refractivity (Wildman–Crippen MR) is 97.9 cm³/mol. The van der Waals surface area contributed by atoms with Gasteiger partial charge in [0.2, 0.25) is 15.9 Å². The second-order valence-electron chi connectivity index (χ2n) is 6.23. The molecule has 1 aliphatic heterocycles. The summed E-state index contributed by atoms with van der Waals surface area (Å²) in [4.78, 5) is 19.9. The molecule has 1 aliphatic rings. The number of hydrogen-bond acceptors (Lipinski definition) is 7. The number of hydrogen-bond donors (Lipinski definition) is 0. The van der Waals surface area contributed by atoms with E-state index in [9.17, 15) is 13.2 Å². The highest BCUT2D eigenvalue weighted by Crippen LogP contribution is 2.20. The van der Waals surface area contributed by atoms with E-state index >= 15 is 0 Å². The maximum Gasteiger partial charge on any atom is 0.221 e.